The number of benzene rings is 1. The van der Waals surface area contributed by atoms with Crippen molar-refractivity contribution in [1.82, 2.24) is 15.3 Å². The van der Waals surface area contributed by atoms with Crippen LogP contribution in [0.2, 0.25) is 0 Å². The van der Waals surface area contributed by atoms with Crippen LogP contribution in [0.3, 0.4) is 0 Å². The standard InChI is InChI=1S/C18H17N3O4S/c1-26-17-20-11-14(15(21-17)16(22)23)9-5-6-10-19-18(24)25-12-13-7-3-2-4-8-13/h2-4,7-8,11H,6,10,12H2,1H3,(H,19,24)(H,22,23). The minimum atomic E-state index is -1.16. The predicted molar refractivity (Wildman–Crippen MR) is 96.9 cm³/mol. The number of rotatable bonds is 6. The Morgan fingerprint density at radius 3 is 2.77 bits per heavy atom. The van der Waals surface area contributed by atoms with Gasteiger partial charge in [0.2, 0.25) is 0 Å². The molecule has 0 spiro atoms. The first-order chi connectivity index (χ1) is 12.6. The Hall–Kier alpha value is -3.05. The molecule has 0 saturated heterocycles. The van der Waals surface area contributed by atoms with Crippen molar-refractivity contribution in [2.24, 2.45) is 0 Å². The molecule has 0 fully saturated rings. The van der Waals surface area contributed by atoms with Crippen LogP contribution in [0.15, 0.2) is 41.7 Å². The molecule has 7 nitrogen and oxygen atoms in total. The van der Waals surface area contributed by atoms with Gasteiger partial charge >= 0.3 is 12.1 Å². The number of aromatic nitrogens is 2. The molecule has 8 heteroatoms. The van der Waals surface area contributed by atoms with Crippen molar-refractivity contribution in [2.75, 3.05) is 12.8 Å². The predicted octanol–water partition coefficient (Wildman–Crippen LogP) is 2.56. The number of aromatic carboxylic acids is 1. The maximum Gasteiger partial charge on any atom is 0.407 e. The number of carboxylic acid groups (broad SMARTS) is 1. The number of carboxylic acids is 1. The van der Waals surface area contributed by atoms with E-state index < -0.39 is 12.1 Å². The van der Waals surface area contributed by atoms with Crippen LogP contribution in [-0.2, 0) is 11.3 Å². The van der Waals surface area contributed by atoms with E-state index in [1.54, 1.807) is 6.26 Å². The number of hydrogen-bond donors (Lipinski definition) is 2. The van der Waals surface area contributed by atoms with E-state index in [1.165, 1.54) is 18.0 Å². The van der Waals surface area contributed by atoms with Crippen molar-refractivity contribution in [1.29, 1.82) is 0 Å². The third-order valence-electron chi connectivity index (χ3n) is 3.11. The van der Waals surface area contributed by atoms with Crippen molar-refractivity contribution >= 4 is 23.8 Å². The Morgan fingerprint density at radius 2 is 2.08 bits per heavy atom. The SMILES string of the molecule is CSc1ncc(C#CCCNC(=O)OCc2ccccc2)c(C(=O)O)n1. The number of thioether (sulfide) groups is 1. The molecule has 0 unspecified atom stereocenters. The van der Waals surface area contributed by atoms with E-state index in [9.17, 15) is 14.7 Å². The van der Waals surface area contributed by atoms with Gasteiger partial charge in [0.05, 0.1) is 5.56 Å². The van der Waals surface area contributed by atoms with Crippen LogP contribution in [0, 0.1) is 11.8 Å². The van der Waals surface area contributed by atoms with Gasteiger partial charge in [0, 0.05) is 19.2 Å². The van der Waals surface area contributed by atoms with E-state index in [4.69, 9.17) is 4.74 Å². The van der Waals surface area contributed by atoms with Crippen LogP contribution in [0.1, 0.15) is 28.0 Å². The lowest BCUT2D eigenvalue weighted by atomic mass is 10.2. The second kappa shape index (κ2) is 10.1. The third-order valence-corrected chi connectivity index (χ3v) is 3.67. The van der Waals surface area contributed by atoms with E-state index in [2.05, 4.69) is 27.1 Å². The monoisotopic (exact) mass is 371 g/mol. The van der Waals surface area contributed by atoms with Crippen molar-refractivity contribution in [3.8, 4) is 11.8 Å². The molecule has 0 radical (unpaired) electrons. The van der Waals surface area contributed by atoms with E-state index in [0.717, 1.165) is 5.56 Å². The maximum atomic E-state index is 11.6. The molecule has 2 aromatic rings. The minimum Gasteiger partial charge on any atom is -0.476 e. The second-order valence-electron chi connectivity index (χ2n) is 4.96. The molecule has 0 aliphatic rings. The van der Waals surface area contributed by atoms with Gasteiger partial charge in [0.1, 0.15) is 6.61 Å². The first kappa shape index (κ1) is 19.3. The number of carbonyl (C=O) groups excluding carboxylic acids is 1. The van der Waals surface area contributed by atoms with Crippen molar-refractivity contribution in [3.63, 3.8) is 0 Å². The molecular formula is C18H17N3O4S. The van der Waals surface area contributed by atoms with Gasteiger partial charge in [-0.2, -0.15) is 0 Å². The second-order valence-corrected chi connectivity index (χ2v) is 5.74. The smallest absolute Gasteiger partial charge is 0.407 e. The molecule has 0 bridgehead atoms. The van der Waals surface area contributed by atoms with Gasteiger partial charge in [0.15, 0.2) is 10.9 Å². The number of ether oxygens (including phenoxy) is 1. The molecular weight excluding hydrogens is 354 g/mol. The fourth-order valence-corrected chi connectivity index (χ4v) is 2.22. The fourth-order valence-electron chi connectivity index (χ4n) is 1.88. The molecule has 0 saturated carbocycles. The highest BCUT2D eigenvalue weighted by Crippen LogP contribution is 2.11. The third kappa shape index (κ3) is 6.11. The summed E-state index contributed by atoms with van der Waals surface area (Å²) in [4.78, 5) is 30.7. The number of amides is 1. The highest BCUT2D eigenvalue weighted by atomic mass is 32.2. The molecule has 2 N–H and O–H groups in total. The van der Waals surface area contributed by atoms with Crippen molar-refractivity contribution in [2.45, 2.75) is 18.2 Å². The molecule has 134 valence electrons. The van der Waals surface area contributed by atoms with E-state index >= 15 is 0 Å². The van der Waals surface area contributed by atoms with Crippen LogP contribution in [0.5, 0.6) is 0 Å². The zero-order chi connectivity index (χ0) is 18.8. The molecule has 0 atom stereocenters. The lowest BCUT2D eigenvalue weighted by molar-refractivity contribution is 0.0689. The summed E-state index contributed by atoms with van der Waals surface area (Å²) >= 11 is 1.25. The quantitative estimate of drug-likeness (QED) is 0.348. The molecule has 0 aliphatic carbocycles. The van der Waals surface area contributed by atoms with Gasteiger partial charge in [-0.25, -0.2) is 19.6 Å². The summed E-state index contributed by atoms with van der Waals surface area (Å²) in [7, 11) is 0. The number of nitrogens with zero attached hydrogens (tertiary/aromatic N) is 2. The van der Waals surface area contributed by atoms with Gasteiger partial charge in [-0.15, -0.1) is 0 Å². The number of alkyl carbamates (subject to hydrolysis) is 1. The van der Waals surface area contributed by atoms with Gasteiger partial charge < -0.3 is 15.2 Å². The average Bonchev–Trinajstić information content (AvgIpc) is 2.66. The van der Waals surface area contributed by atoms with E-state index in [0.29, 0.717) is 11.6 Å². The Kier molecular flexibility index (Phi) is 7.46. The van der Waals surface area contributed by atoms with E-state index in [-0.39, 0.29) is 24.4 Å². The maximum absolute atomic E-state index is 11.6. The topological polar surface area (TPSA) is 101 Å². The summed E-state index contributed by atoms with van der Waals surface area (Å²) in [6, 6.07) is 9.35. The number of hydrogen-bond acceptors (Lipinski definition) is 6. The minimum absolute atomic E-state index is 0.132. The number of nitrogens with one attached hydrogen (secondary N) is 1. The molecule has 2 rings (SSSR count). The van der Waals surface area contributed by atoms with Crippen LogP contribution in [0.25, 0.3) is 0 Å². The summed E-state index contributed by atoms with van der Waals surface area (Å²) in [6.07, 6.45) is 2.95. The molecule has 26 heavy (non-hydrogen) atoms. The van der Waals surface area contributed by atoms with Gasteiger partial charge in [-0.3, -0.25) is 0 Å². The lowest BCUT2D eigenvalue weighted by Gasteiger charge is -2.05. The Bertz CT molecular complexity index is 831. The normalized spacial score (nSPS) is 9.73. The molecule has 1 aromatic heterocycles. The highest BCUT2D eigenvalue weighted by Gasteiger charge is 2.12. The fraction of sp³-hybridized carbons (Fsp3) is 0.222. The number of carbonyl (C=O) groups is 2. The van der Waals surface area contributed by atoms with E-state index in [1.807, 2.05) is 30.3 Å². The summed E-state index contributed by atoms with van der Waals surface area (Å²) in [5, 5.41) is 12.1. The highest BCUT2D eigenvalue weighted by molar-refractivity contribution is 7.98. The summed E-state index contributed by atoms with van der Waals surface area (Å²) < 4.78 is 5.07. The van der Waals surface area contributed by atoms with Crippen molar-refractivity contribution in [3.05, 3.63) is 53.3 Å². The van der Waals surface area contributed by atoms with Gasteiger partial charge in [-0.1, -0.05) is 53.9 Å². The Morgan fingerprint density at radius 1 is 1.31 bits per heavy atom. The molecule has 0 aliphatic heterocycles. The molecule has 1 heterocycles. The van der Waals surface area contributed by atoms with Gasteiger partial charge in [-0.05, 0) is 11.8 Å². The largest absolute Gasteiger partial charge is 0.476 e. The zero-order valence-corrected chi connectivity index (χ0v) is 14.9. The summed E-state index contributed by atoms with van der Waals surface area (Å²) in [5.41, 5.74) is 1.01. The first-order valence-corrected chi connectivity index (χ1v) is 8.90. The Labute approximate surface area is 155 Å². The van der Waals surface area contributed by atoms with Crippen LogP contribution < -0.4 is 5.32 Å². The summed E-state index contributed by atoms with van der Waals surface area (Å²) in [5.74, 6) is 4.36. The van der Waals surface area contributed by atoms with Gasteiger partial charge in [0.25, 0.3) is 0 Å². The zero-order valence-electron chi connectivity index (χ0n) is 14.1. The molecule has 1 aromatic carbocycles. The van der Waals surface area contributed by atoms with Crippen LogP contribution in [0.4, 0.5) is 4.79 Å². The summed E-state index contributed by atoms with van der Waals surface area (Å²) in [6.45, 7) is 0.478. The van der Waals surface area contributed by atoms with Crippen LogP contribution >= 0.6 is 11.8 Å². The first-order valence-electron chi connectivity index (χ1n) is 7.68. The Balaban J connectivity index is 1.80. The lowest BCUT2D eigenvalue weighted by Crippen LogP contribution is -2.24. The van der Waals surface area contributed by atoms with Crippen LogP contribution in [-0.4, -0.2) is 39.9 Å². The van der Waals surface area contributed by atoms with Crippen molar-refractivity contribution < 1.29 is 19.4 Å². The average molecular weight is 371 g/mol. The molecule has 1 amide bonds.